The minimum absolute atomic E-state index is 0.354. The van der Waals surface area contributed by atoms with Crippen LogP contribution in [0.15, 0.2) is 22.7 Å². The van der Waals surface area contributed by atoms with Gasteiger partial charge in [0.05, 0.1) is 17.1 Å². The monoisotopic (exact) mass is 323 g/mol. The Labute approximate surface area is 121 Å². The molecule has 2 heterocycles. The molecule has 1 aromatic carbocycles. The molecular formula is C14H18BrN3O. The number of aromatic nitrogens is 2. The highest BCUT2D eigenvalue weighted by molar-refractivity contribution is 9.10. The molecule has 4 nitrogen and oxygen atoms in total. The van der Waals surface area contributed by atoms with Crippen molar-refractivity contribution >= 4 is 32.9 Å². The zero-order chi connectivity index (χ0) is 13.4. The molecular weight excluding hydrogens is 306 g/mol. The highest BCUT2D eigenvalue weighted by atomic mass is 79.9. The number of fused-ring (bicyclic) bond motifs is 1. The third-order valence-corrected chi connectivity index (χ3v) is 4.40. The maximum Gasteiger partial charge on any atom is 0.201 e. The first-order valence-corrected chi connectivity index (χ1v) is 7.51. The Morgan fingerprint density at radius 1 is 1.53 bits per heavy atom. The van der Waals surface area contributed by atoms with E-state index >= 15 is 0 Å². The molecule has 2 unspecified atom stereocenters. The molecule has 0 spiro atoms. The van der Waals surface area contributed by atoms with Crippen molar-refractivity contribution < 1.29 is 4.74 Å². The fourth-order valence-electron chi connectivity index (χ4n) is 2.90. The van der Waals surface area contributed by atoms with Crippen molar-refractivity contribution in [2.24, 2.45) is 5.92 Å². The molecule has 1 saturated heterocycles. The summed E-state index contributed by atoms with van der Waals surface area (Å²) in [5, 5.41) is 0. The van der Waals surface area contributed by atoms with Crippen LogP contribution in [0, 0.1) is 5.92 Å². The summed E-state index contributed by atoms with van der Waals surface area (Å²) in [7, 11) is 0. The van der Waals surface area contributed by atoms with E-state index < -0.39 is 0 Å². The largest absolute Gasteiger partial charge is 0.378 e. The Morgan fingerprint density at radius 2 is 2.37 bits per heavy atom. The molecule has 3 rings (SSSR count). The normalized spacial score (nSPS) is 23.3. The number of ether oxygens (including phenoxy) is 1. The van der Waals surface area contributed by atoms with Gasteiger partial charge in [0.25, 0.3) is 0 Å². The van der Waals surface area contributed by atoms with Gasteiger partial charge in [0.15, 0.2) is 0 Å². The summed E-state index contributed by atoms with van der Waals surface area (Å²) < 4.78 is 8.90. The minimum atomic E-state index is 0.354. The average molecular weight is 324 g/mol. The Kier molecular flexibility index (Phi) is 3.50. The predicted molar refractivity (Wildman–Crippen MR) is 80.0 cm³/mol. The van der Waals surface area contributed by atoms with Crippen molar-refractivity contribution in [2.75, 3.05) is 12.3 Å². The summed E-state index contributed by atoms with van der Waals surface area (Å²) in [5.41, 5.74) is 8.11. The Hall–Kier alpha value is -1.07. The molecule has 0 aliphatic carbocycles. The van der Waals surface area contributed by atoms with Gasteiger partial charge in [0, 0.05) is 23.5 Å². The van der Waals surface area contributed by atoms with Crippen molar-refractivity contribution in [1.29, 1.82) is 0 Å². The van der Waals surface area contributed by atoms with Crippen molar-refractivity contribution in [3.63, 3.8) is 0 Å². The molecule has 0 amide bonds. The first-order valence-electron chi connectivity index (χ1n) is 6.72. The quantitative estimate of drug-likeness (QED) is 0.943. The average Bonchev–Trinajstić information content (AvgIpc) is 2.95. The second-order valence-electron chi connectivity index (χ2n) is 5.08. The van der Waals surface area contributed by atoms with E-state index in [2.05, 4.69) is 38.5 Å². The van der Waals surface area contributed by atoms with Gasteiger partial charge >= 0.3 is 0 Å². The van der Waals surface area contributed by atoms with Gasteiger partial charge in [-0.1, -0.05) is 22.9 Å². The van der Waals surface area contributed by atoms with E-state index in [1.165, 1.54) is 0 Å². The fraction of sp³-hybridized carbons (Fsp3) is 0.500. The topological polar surface area (TPSA) is 53.1 Å². The van der Waals surface area contributed by atoms with Crippen LogP contribution >= 0.6 is 15.9 Å². The molecule has 2 aromatic rings. The van der Waals surface area contributed by atoms with Gasteiger partial charge in [0.1, 0.15) is 0 Å². The van der Waals surface area contributed by atoms with Crippen LogP contribution in [0.1, 0.15) is 19.8 Å². The summed E-state index contributed by atoms with van der Waals surface area (Å²) >= 11 is 3.47. The standard InChI is InChI=1S/C14H18BrN3O/c1-2-13-9(5-6-19-13)8-18-12-4-3-10(15)7-11(12)17-14(18)16/h3-4,7,9,13H,2,5-6,8H2,1H3,(H2,16,17). The summed E-state index contributed by atoms with van der Waals surface area (Å²) in [6.07, 6.45) is 2.52. The number of rotatable bonds is 3. The van der Waals surface area contributed by atoms with E-state index in [-0.39, 0.29) is 0 Å². The van der Waals surface area contributed by atoms with E-state index in [9.17, 15) is 0 Å². The summed E-state index contributed by atoms with van der Waals surface area (Å²) in [6, 6.07) is 6.10. The minimum Gasteiger partial charge on any atom is -0.378 e. The maximum atomic E-state index is 6.06. The summed E-state index contributed by atoms with van der Waals surface area (Å²) in [5.74, 6) is 1.13. The molecule has 0 saturated carbocycles. The molecule has 1 fully saturated rings. The van der Waals surface area contributed by atoms with E-state index in [0.717, 1.165) is 41.5 Å². The molecule has 5 heteroatoms. The highest BCUT2D eigenvalue weighted by Gasteiger charge is 2.28. The molecule has 0 bridgehead atoms. The number of hydrogen-bond acceptors (Lipinski definition) is 3. The first kappa shape index (κ1) is 12.9. The van der Waals surface area contributed by atoms with Gasteiger partial charge in [0.2, 0.25) is 5.95 Å². The van der Waals surface area contributed by atoms with Gasteiger partial charge in [-0.25, -0.2) is 4.98 Å². The van der Waals surface area contributed by atoms with Crippen LogP contribution in [0.2, 0.25) is 0 Å². The van der Waals surface area contributed by atoms with Crippen LogP contribution in [0.5, 0.6) is 0 Å². The maximum absolute atomic E-state index is 6.06. The number of benzene rings is 1. The van der Waals surface area contributed by atoms with E-state index in [0.29, 0.717) is 18.0 Å². The van der Waals surface area contributed by atoms with Crippen LogP contribution in [0.3, 0.4) is 0 Å². The van der Waals surface area contributed by atoms with Crippen LogP contribution in [0.25, 0.3) is 11.0 Å². The van der Waals surface area contributed by atoms with Crippen molar-refractivity contribution in [3.05, 3.63) is 22.7 Å². The lowest BCUT2D eigenvalue weighted by Gasteiger charge is -2.18. The molecule has 0 radical (unpaired) electrons. The van der Waals surface area contributed by atoms with Gasteiger partial charge in [-0.15, -0.1) is 0 Å². The Balaban J connectivity index is 1.94. The number of imidazole rings is 1. The Bertz CT molecular complexity index is 596. The van der Waals surface area contributed by atoms with Gasteiger partial charge in [-0.05, 0) is 31.0 Å². The lowest BCUT2D eigenvalue weighted by atomic mass is 9.99. The van der Waals surface area contributed by atoms with Crippen molar-refractivity contribution in [3.8, 4) is 0 Å². The smallest absolute Gasteiger partial charge is 0.201 e. The number of nitrogens with two attached hydrogens (primary N) is 1. The predicted octanol–water partition coefficient (Wildman–Crippen LogP) is 3.20. The molecule has 2 atom stereocenters. The lowest BCUT2D eigenvalue weighted by Crippen LogP contribution is -2.21. The first-order chi connectivity index (χ1) is 9.19. The molecule has 2 N–H and O–H groups in total. The van der Waals surface area contributed by atoms with Crippen LogP contribution in [0.4, 0.5) is 5.95 Å². The fourth-order valence-corrected chi connectivity index (χ4v) is 3.25. The zero-order valence-corrected chi connectivity index (χ0v) is 12.6. The summed E-state index contributed by atoms with van der Waals surface area (Å²) in [4.78, 5) is 4.44. The van der Waals surface area contributed by atoms with Crippen LogP contribution in [-0.4, -0.2) is 22.3 Å². The van der Waals surface area contributed by atoms with Gasteiger partial charge in [-0.3, -0.25) is 0 Å². The number of nitrogen functional groups attached to an aromatic ring is 1. The number of anilines is 1. The number of hydrogen-bond donors (Lipinski definition) is 1. The van der Waals surface area contributed by atoms with E-state index in [1.807, 2.05) is 12.1 Å². The number of nitrogens with zero attached hydrogens (tertiary/aromatic N) is 2. The number of halogens is 1. The van der Waals surface area contributed by atoms with Crippen molar-refractivity contribution in [1.82, 2.24) is 9.55 Å². The van der Waals surface area contributed by atoms with E-state index in [1.54, 1.807) is 0 Å². The second kappa shape index (κ2) is 5.13. The third kappa shape index (κ3) is 2.37. The van der Waals surface area contributed by atoms with Gasteiger partial charge in [-0.2, -0.15) is 0 Å². The molecule has 102 valence electrons. The van der Waals surface area contributed by atoms with E-state index in [4.69, 9.17) is 10.5 Å². The summed E-state index contributed by atoms with van der Waals surface area (Å²) in [6.45, 7) is 3.93. The van der Waals surface area contributed by atoms with Crippen LogP contribution in [-0.2, 0) is 11.3 Å². The zero-order valence-electron chi connectivity index (χ0n) is 11.0. The Morgan fingerprint density at radius 3 is 3.16 bits per heavy atom. The second-order valence-corrected chi connectivity index (χ2v) is 6.00. The molecule has 1 aliphatic rings. The highest BCUT2D eigenvalue weighted by Crippen LogP contribution is 2.29. The molecule has 1 aliphatic heterocycles. The SMILES string of the molecule is CCC1OCCC1Cn1c(N)nc2cc(Br)ccc21. The van der Waals surface area contributed by atoms with Crippen molar-refractivity contribution in [2.45, 2.75) is 32.4 Å². The van der Waals surface area contributed by atoms with Crippen LogP contribution < -0.4 is 5.73 Å². The third-order valence-electron chi connectivity index (χ3n) is 3.91. The molecule has 19 heavy (non-hydrogen) atoms. The molecule has 1 aromatic heterocycles. The lowest BCUT2D eigenvalue weighted by molar-refractivity contribution is 0.0839. The van der Waals surface area contributed by atoms with Gasteiger partial charge < -0.3 is 15.0 Å².